The highest BCUT2D eigenvalue weighted by Gasteiger charge is 2.31. The molecule has 2 aromatic carbocycles. The van der Waals surface area contributed by atoms with Crippen molar-refractivity contribution in [2.45, 2.75) is 19.5 Å². The topological polar surface area (TPSA) is 81.0 Å². The second-order valence-electron chi connectivity index (χ2n) is 7.97. The number of likely N-dealkylation sites (N-methyl/N-ethyl adjacent to an activating group) is 1. The van der Waals surface area contributed by atoms with E-state index in [0.717, 1.165) is 16.5 Å². The first-order valence-corrected chi connectivity index (χ1v) is 9.94. The Morgan fingerprint density at radius 2 is 1.84 bits per heavy atom. The number of hydrogen-bond donors (Lipinski definition) is 3. The van der Waals surface area contributed by atoms with Gasteiger partial charge in [-0.3, -0.25) is 9.59 Å². The summed E-state index contributed by atoms with van der Waals surface area (Å²) in [6.45, 7) is 2.71. The molecule has 1 aliphatic heterocycles. The predicted octanol–water partition coefficient (Wildman–Crippen LogP) is 3.51. The van der Waals surface area contributed by atoms with Crippen LogP contribution in [0.1, 0.15) is 33.4 Å². The van der Waals surface area contributed by atoms with Crippen LogP contribution in [0.3, 0.4) is 0 Å². The monoisotopic (exact) mass is 422 g/mol. The van der Waals surface area contributed by atoms with Crippen molar-refractivity contribution in [3.8, 4) is 0 Å². The molecule has 1 atom stereocenters. The van der Waals surface area contributed by atoms with Crippen molar-refractivity contribution in [2.24, 2.45) is 0 Å². The summed E-state index contributed by atoms with van der Waals surface area (Å²) in [6, 6.07) is 8.25. The van der Waals surface area contributed by atoms with Gasteiger partial charge in [-0.25, -0.2) is 8.78 Å². The molecule has 0 spiro atoms. The number of carbonyl (C=O) groups excluding carboxylic acids is 1. The number of aromatic amines is 2. The fourth-order valence-electron chi connectivity index (χ4n) is 4.48. The summed E-state index contributed by atoms with van der Waals surface area (Å²) >= 11 is 0. The van der Waals surface area contributed by atoms with Crippen LogP contribution < -0.4 is 10.9 Å². The van der Waals surface area contributed by atoms with Gasteiger partial charge in [0.15, 0.2) is 0 Å². The van der Waals surface area contributed by atoms with Crippen molar-refractivity contribution in [3.05, 3.63) is 80.9 Å². The van der Waals surface area contributed by atoms with Gasteiger partial charge in [0.25, 0.3) is 11.5 Å². The molecule has 1 unspecified atom stereocenters. The van der Waals surface area contributed by atoms with Crippen molar-refractivity contribution in [1.29, 1.82) is 0 Å². The van der Waals surface area contributed by atoms with E-state index in [4.69, 9.17) is 0 Å². The summed E-state index contributed by atoms with van der Waals surface area (Å²) in [4.78, 5) is 33.2. The summed E-state index contributed by atoms with van der Waals surface area (Å²) in [6.07, 6.45) is 0. The molecule has 8 heteroatoms. The van der Waals surface area contributed by atoms with Crippen LogP contribution in [0.4, 0.5) is 8.78 Å². The van der Waals surface area contributed by atoms with Gasteiger partial charge in [0.1, 0.15) is 17.3 Å². The minimum Gasteiger partial charge on any atom is -0.350 e. The smallest absolute Gasteiger partial charge is 0.270 e. The third kappa shape index (κ3) is 3.11. The molecule has 0 aliphatic carbocycles. The molecule has 1 amide bonds. The summed E-state index contributed by atoms with van der Waals surface area (Å²) in [5, 5.41) is 4.89. The first-order valence-electron chi connectivity index (χ1n) is 9.94. The molecule has 5 rings (SSSR count). The van der Waals surface area contributed by atoms with Crippen LogP contribution in [0.2, 0.25) is 0 Å². The summed E-state index contributed by atoms with van der Waals surface area (Å²) < 4.78 is 27.5. The average Bonchev–Trinajstić information content (AvgIpc) is 3.17. The first kappa shape index (κ1) is 19.4. The number of aromatic nitrogens is 2. The van der Waals surface area contributed by atoms with Crippen LogP contribution in [0.25, 0.3) is 21.7 Å². The van der Waals surface area contributed by atoms with Gasteiger partial charge in [-0.1, -0.05) is 6.07 Å². The van der Waals surface area contributed by atoms with Crippen molar-refractivity contribution in [3.63, 3.8) is 0 Å². The third-order valence-corrected chi connectivity index (χ3v) is 6.01. The van der Waals surface area contributed by atoms with Gasteiger partial charge in [-0.15, -0.1) is 0 Å². The molecule has 4 aromatic rings. The Morgan fingerprint density at radius 1 is 1.03 bits per heavy atom. The van der Waals surface area contributed by atoms with E-state index in [1.54, 1.807) is 31.0 Å². The maximum Gasteiger partial charge on any atom is 0.270 e. The Bertz CT molecular complexity index is 1420. The van der Waals surface area contributed by atoms with E-state index >= 15 is 0 Å². The van der Waals surface area contributed by atoms with E-state index in [1.807, 2.05) is 0 Å². The molecule has 6 nitrogen and oxygen atoms in total. The largest absolute Gasteiger partial charge is 0.350 e. The lowest BCUT2D eigenvalue weighted by molar-refractivity contribution is 0.0718. The average molecular weight is 422 g/mol. The molecule has 0 bridgehead atoms. The van der Waals surface area contributed by atoms with Crippen LogP contribution in [0.15, 0.2) is 41.2 Å². The summed E-state index contributed by atoms with van der Waals surface area (Å²) in [5.41, 5.74) is 2.75. The normalized spacial score (nSPS) is 15.9. The van der Waals surface area contributed by atoms with E-state index in [0.29, 0.717) is 35.4 Å². The Hall–Kier alpha value is -3.52. The minimum atomic E-state index is -0.492. The number of hydrogen-bond acceptors (Lipinski definition) is 3. The van der Waals surface area contributed by atoms with Crippen molar-refractivity contribution in [2.75, 3.05) is 13.6 Å². The number of fused-ring (bicyclic) bond motifs is 4. The molecule has 0 radical (unpaired) electrons. The zero-order chi connectivity index (χ0) is 21.9. The molecule has 158 valence electrons. The van der Waals surface area contributed by atoms with E-state index in [2.05, 4.69) is 15.3 Å². The maximum atomic E-state index is 13.8. The number of nitrogens with one attached hydrogen (secondary N) is 3. The van der Waals surface area contributed by atoms with Gasteiger partial charge in [-0.2, -0.15) is 0 Å². The minimum absolute atomic E-state index is 0.253. The highest BCUT2D eigenvalue weighted by atomic mass is 19.1. The van der Waals surface area contributed by atoms with Gasteiger partial charge in [0, 0.05) is 42.3 Å². The molecule has 31 heavy (non-hydrogen) atoms. The lowest BCUT2D eigenvalue weighted by atomic mass is 9.94. The van der Waals surface area contributed by atoms with Crippen LogP contribution in [0, 0.1) is 18.6 Å². The van der Waals surface area contributed by atoms with Gasteiger partial charge < -0.3 is 20.2 Å². The first-order chi connectivity index (χ1) is 14.8. The lowest BCUT2D eigenvalue weighted by Gasteiger charge is -2.34. The molecule has 0 saturated heterocycles. The second kappa shape index (κ2) is 7.02. The fourth-order valence-corrected chi connectivity index (χ4v) is 4.48. The van der Waals surface area contributed by atoms with E-state index < -0.39 is 5.82 Å². The second-order valence-corrected chi connectivity index (χ2v) is 7.97. The highest BCUT2D eigenvalue weighted by Crippen LogP contribution is 2.32. The Morgan fingerprint density at radius 3 is 2.65 bits per heavy atom. The number of pyridine rings is 1. The highest BCUT2D eigenvalue weighted by molar-refractivity contribution is 5.99. The fraction of sp³-hybridized carbons (Fsp3) is 0.217. The SMILES string of the molecule is Cc1cc(F)cc2[nH]c(C(=O)N(C)C3CNCc4[nH]c(=O)c5cc(F)ccc5c43)cc12. The third-order valence-electron chi connectivity index (χ3n) is 6.01. The van der Waals surface area contributed by atoms with Crippen LogP contribution >= 0.6 is 0 Å². The van der Waals surface area contributed by atoms with E-state index in [-0.39, 0.29) is 28.7 Å². The number of rotatable bonds is 2. The van der Waals surface area contributed by atoms with Crippen molar-refractivity contribution in [1.82, 2.24) is 20.2 Å². The van der Waals surface area contributed by atoms with E-state index in [1.165, 1.54) is 24.3 Å². The van der Waals surface area contributed by atoms with Crippen molar-refractivity contribution >= 4 is 27.6 Å². The Balaban J connectivity index is 1.60. The maximum absolute atomic E-state index is 13.8. The van der Waals surface area contributed by atoms with Crippen LogP contribution in [-0.2, 0) is 6.54 Å². The van der Waals surface area contributed by atoms with Crippen molar-refractivity contribution < 1.29 is 13.6 Å². The summed E-state index contributed by atoms with van der Waals surface area (Å²) in [7, 11) is 1.68. The molecule has 0 fully saturated rings. The standard InChI is InChI=1S/C23H20F2N4O2/c1-11-5-13(25)7-17-15(11)8-18(27-17)23(31)29(2)20-10-26-9-19-21(20)14-4-3-12(24)6-16(14)22(30)28-19/h3-8,20,26-27H,9-10H2,1-2H3,(H,28,30). The quantitative estimate of drug-likeness (QED) is 0.463. The zero-order valence-corrected chi connectivity index (χ0v) is 17.0. The number of carbonyl (C=O) groups is 1. The molecule has 1 aliphatic rings. The van der Waals surface area contributed by atoms with Crippen LogP contribution in [0.5, 0.6) is 0 Å². The van der Waals surface area contributed by atoms with Gasteiger partial charge in [0.2, 0.25) is 0 Å². The van der Waals surface area contributed by atoms with Gasteiger partial charge in [-0.05, 0) is 48.2 Å². The molecule has 0 saturated carbocycles. The molecule has 3 heterocycles. The molecular weight excluding hydrogens is 402 g/mol. The Kier molecular flexibility index (Phi) is 4.40. The molecule has 2 aromatic heterocycles. The number of aryl methyl sites for hydroxylation is 1. The van der Waals surface area contributed by atoms with Gasteiger partial charge in [0.05, 0.1) is 11.4 Å². The Labute approximate surface area is 175 Å². The predicted molar refractivity (Wildman–Crippen MR) is 114 cm³/mol. The number of amides is 1. The number of benzene rings is 2. The number of halogens is 2. The van der Waals surface area contributed by atoms with E-state index in [9.17, 15) is 18.4 Å². The van der Waals surface area contributed by atoms with Crippen LogP contribution in [-0.4, -0.2) is 34.4 Å². The summed E-state index contributed by atoms with van der Waals surface area (Å²) in [5.74, 6) is -1.13. The number of nitrogens with zero attached hydrogens (tertiary/aromatic N) is 1. The number of H-pyrrole nitrogens is 2. The zero-order valence-electron chi connectivity index (χ0n) is 17.0. The molecule has 3 N–H and O–H groups in total. The lowest BCUT2D eigenvalue weighted by Crippen LogP contribution is -2.42. The molecular formula is C23H20F2N4O2. The van der Waals surface area contributed by atoms with Gasteiger partial charge >= 0.3 is 0 Å².